The summed E-state index contributed by atoms with van der Waals surface area (Å²) in [6.45, 7) is 1.96. The van der Waals surface area contributed by atoms with E-state index in [1.807, 2.05) is 6.92 Å². The van der Waals surface area contributed by atoms with E-state index in [0.717, 1.165) is 6.42 Å². The number of hydrogen-bond donors (Lipinski definition) is 2. The van der Waals surface area contributed by atoms with Crippen molar-refractivity contribution < 1.29 is 9.13 Å². The van der Waals surface area contributed by atoms with Crippen molar-refractivity contribution in [2.75, 3.05) is 7.11 Å². The predicted octanol–water partition coefficient (Wildman–Crippen LogP) is 2.80. The van der Waals surface area contributed by atoms with Crippen LogP contribution in [0.5, 0.6) is 0 Å². The summed E-state index contributed by atoms with van der Waals surface area (Å²) in [5.74, 6) is 5.11. The number of halogens is 2. The molecule has 1 aromatic carbocycles. The molecule has 3 nitrogen and oxygen atoms in total. The molecule has 96 valence electrons. The number of rotatable bonds is 6. The van der Waals surface area contributed by atoms with Gasteiger partial charge in [0.05, 0.1) is 6.10 Å². The predicted molar refractivity (Wildman–Crippen MR) is 67.2 cm³/mol. The summed E-state index contributed by atoms with van der Waals surface area (Å²) in [5.41, 5.74) is 3.15. The van der Waals surface area contributed by atoms with Crippen LogP contribution in [0.3, 0.4) is 0 Å². The molecule has 0 spiro atoms. The van der Waals surface area contributed by atoms with Crippen LogP contribution in [0.2, 0.25) is 5.02 Å². The molecule has 2 unspecified atom stereocenters. The smallest absolute Gasteiger partial charge is 0.129 e. The molecule has 1 rings (SSSR count). The van der Waals surface area contributed by atoms with Gasteiger partial charge in [-0.15, -0.1) is 0 Å². The van der Waals surface area contributed by atoms with E-state index in [4.69, 9.17) is 22.2 Å². The van der Waals surface area contributed by atoms with Crippen LogP contribution in [0.1, 0.15) is 31.4 Å². The van der Waals surface area contributed by atoms with Crippen molar-refractivity contribution in [2.45, 2.75) is 31.9 Å². The van der Waals surface area contributed by atoms with Crippen LogP contribution in [-0.4, -0.2) is 13.2 Å². The summed E-state index contributed by atoms with van der Waals surface area (Å²) in [5, 5.41) is 0.382. The first-order valence-corrected chi connectivity index (χ1v) is 5.90. The Labute approximate surface area is 106 Å². The monoisotopic (exact) mass is 260 g/mol. The number of hydrogen-bond acceptors (Lipinski definition) is 3. The van der Waals surface area contributed by atoms with Crippen molar-refractivity contribution in [3.63, 3.8) is 0 Å². The van der Waals surface area contributed by atoms with Crippen molar-refractivity contribution in [1.29, 1.82) is 0 Å². The van der Waals surface area contributed by atoms with E-state index in [0.29, 0.717) is 17.0 Å². The lowest BCUT2D eigenvalue weighted by Crippen LogP contribution is -2.29. The summed E-state index contributed by atoms with van der Waals surface area (Å²) >= 11 is 5.70. The summed E-state index contributed by atoms with van der Waals surface area (Å²) < 4.78 is 18.8. The molecule has 0 heterocycles. The van der Waals surface area contributed by atoms with E-state index < -0.39 is 0 Å². The Kier molecular flexibility index (Phi) is 5.85. The van der Waals surface area contributed by atoms with E-state index in [2.05, 4.69) is 5.43 Å². The number of methoxy groups -OCH3 is 1. The molecular formula is C12H18ClFN2O. The minimum atomic E-state index is -0.342. The number of hydrazine groups is 1. The van der Waals surface area contributed by atoms with Gasteiger partial charge in [-0.3, -0.25) is 11.3 Å². The molecule has 0 aliphatic heterocycles. The Hall–Kier alpha value is -0.680. The zero-order valence-corrected chi connectivity index (χ0v) is 10.8. The molecule has 0 radical (unpaired) electrons. The van der Waals surface area contributed by atoms with Gasteiger partial charge in [0.2, 0.25) is 0 Å². The SMILES string of the molecule is COC(C)CCC(NN)c1ccc(Cl)cc1F. The molecular weight excluding hydrogens is 243 g/mol. The van der Waals surface area contributed by atoms with E-state index in [9.17, 15) is 4.39 Å². The average Bonchev–Trinajstić information content (AvgIpc) is 2.31. The lowest BCUT2D eigenvalue weighted by molar-refractivity contribution is 0.106. The van der Waals surface area contributed by atoms with Crippen LogP contribution in [0, 0.1) is 5.82 Å². The van der Waals surface area contributed by atoms with E-state index in [1.54, 1.807) is 19.2 Å². The lowest BCUT2D eigenvalue weighted by Gasteiger charge is -2.19. The number of benzene rings is 1. The van der Waals surface area contributed by atoms with Gasteiger partial charge in [-0.05, 0) is 31.9 Å². The molecule has 0 saturated carbocycles. The van der Waals surface area contributed by atoms with Gasteiger partial charge in [0.1, 0.15) is 5.82 Å². The van der Waals surface area contributed by atoms with Gasteiger partial charge in [-0.25, -0.2) is 4.39 Å². The summed E-state index contributed by atoms with van der Waals surface area (Å²) in [6.07, 6.45) is 1.62. The standard InChI is InChI=1S/C12H18ClFN2O/c1-8(17-2)3-6-12(16-15)10-5-4-9(13)7-11(10)14/h4-5,7-8,12,16H,3,6,15H2,1-2H3. The number of nitrogens with one attached hydrogen (secondary N) is 1. The minimum Gasteiger partial charge on any atom is -0.382 e. The fourth-order valence-electron chi connectivity index (χ4n) is 1.63. The van der Waals surface area contributed by atoms with E-state index in [1.165, 1.54) is 6.07 Å². The zero-order chi connectivity index (χ0) is 12.8. The van der Waals surface area contributed by atoms with Crippen LogP contribution in [0.4, 0.5) is 4.39 Å². The van der Waals surface area contributed by atoms with Crippen LogP contribution in [0.15, 0.2) is 18.2 Å². The van der Waals surface area contributed by atoms with Gasteiger partial charge in [-0.1, -0.05) is 17.7 Å². The minimum absolute atomic E-state index is 0.126. The van der Waals surface area contributed by atoms with Gasteiger partial charge >= 0.3 is 0 Å². The first kappa shape index (κ1) is 14.4. The highest BCUT2D eigenvalue weighted by Gasteiger charge is 2.15. The summed E-state index contributed by atoms with van der Waals surface area (Å²) in [7, 11) is 1.65. The summed E-state index contributed by atoms with van der Waals surface area (Å²) in [6, 6.07) is 4.37. The van der Waals surface area contributed by atoms with E-state index >= 15 is 0 Å². The summed E-state index contributed by atoms with van der Waals surface area (Å²) in [4.78, 5) is 0. The average molecular weight is 261 g/mol. The Morgan fingerprint density at radius 3 is 2.71 bits per heavy atom. The Bertz CT molecular complexity index is 362. The molecule has 0 aliphatic carbocycles. The Morgan fingerprint density at radius 2 is 2.18 bits per heavy atom. The van der Waals surface area contributed by atoms with Gasteiger partial charge < -0.3 is 4.74 Å². The van der Waals surface area contributed by atoms with Gasteiger partial charge in [0.25, 0.3) is 0 Å². The highest BCUT2D eigenvalue weighted by molar-refractivity contribution is 6.30. The molecule has 3 N–H and O–H groups in total. The first-order chi connectivity index (χ1) is 8.08. The number of ether oxygens (including phenoxy) is 1. The van der Waals surface area contributed by atoms with Crippen molar-refractivity contribution in [3.05, 3.63) is 34.6 Å². The number of nitrogens with two attached hydrogens (primary N) is 1. The topological polar surface area (TPSA) is 47.3 Å². The molecule has 5 heteroatoms. The van der Waals surface area contributed by atoms with Gasteiger partial charge in [0.15, 0.2) is 0 Å². The van der Waals surface area contributed by atoms with E-state index in [-0.39, 0.29) is 18.0 Å². The van der Waals surface area contributed by atoms with Crippen LogP contribution < -0.4 is 11.3 Å². The fraction of sp³-hybridized carbons (Fsp3) is 0.500. The second kappa shape index (κ2) is 6.91. The first-order valence-electron chi connectivity index (χ1n) is 5.52. The van der Waals surface area contributed by atoms with Gasteiger partial charge in [-0.2, -0.15) is 0 Å². The van der Waals surface area contributed by atoms with Crippen molar-refractivity contribution >= 4 is 11.6 Å². The van der Waals surface area contributed by atoms with Crippen LogP contribution >= 0.6 is 11.6 Å². The van der Waals surface area contributed by atoms with Crippen molar-refractivity contribution in [2.24, 2.45) is 5.84 Å². The third-order valence-corrected chi connectivity index (χ3v) is 3.04. The third kappa shape index (κ3) is 4.24. The largest absolute Gasteiger partial charge is 0.382 e. The van der Waals surface area contributed by atoms with Crippen molar-refractivity contribution in [3.8, 4) is 0 Å². The Balaban J connectivity index is 2.72. The van der Waals surface area contributed by atoms with Crippen LogP contribution in [0.25, 0.3) is 0 Å². The molecule has 2 atom stereocenters. The maximum Gasteiger partial charge on any atom is 0.129 e. The normalized spacial score (nSPS) is 14.6. The highest BCUT2D eigenvalue weighted by atomic mass is 35.5. The lowest BCUT2D eigenvalue weighted by atomic mass is 10.0. The molecule has 0 saturated heterocycles. The molecule has 0 aliphatic rings. The molecule has 0 amide bonds. The quantitative estimate of drug-likeness (QED) is 0.611. The fourth-order valence-corrected chi connectivity index (χ4v) is 1.79. The second-order valence-corrected chi connectivity index (χ2v) is 4.45. The molecule has 0 fully saturated rings. The molecule has 1 aromatic rings. The maximum atomic E-state index is 13.7. The molecule has 17 heavy (non-hydrogen) atoms. The second-order valence-electron chi connectivity index (χ2n) is 4.01. The molecule has 0 aromatic heterocycles. The maximum absolute atomic E-state index is 13.7. The highest BCUT2D eigenvalue weighted by Crippen LogP contribution is 2.24. The van der Waals surface area contributed by atoms with Gasteiger partial charge in [0, 0.05) is 23.7 Å². The Morgan fingerprint density at radius 1 is 1.47 bits per heavy atom. The zero-order valence-electron chi connectivity index (χ0n) is 10.0. The van der Waals surface area contributed by atoms with Crippen molar-refractivity contribution in [1.82, 2.24) is 5.43 Å². The molecule has 0 bridgehead atoms. The third-order valence-electron chi connectivity index (χ3n) is 2.80. The van der Waals surface area contributed by atoms with Crippen LogP contribution in [-0.2, 0) is 4.74 Å².